The molecule has 4 heteroatoms. The Morgan fingerprint density at radius 2 is 1.67 bits per heavy atom. The highest BCUT2D eigenvalue weighted by molar-refractivity contribution is 9.11. The maximum Gasteiger partial charge on any atom is 0.0372 e. The fourth-order valence-corrected chi connectivity index (χ4v) is 3.68. The maximum absolute atomic E-state index is 3.71. The minimum atomic E-state index is 0.294. The molecule has 0 bridgehead atoms. The molecule has 0 saturated heterocycles. The lowest BCUT2D eigenvalue weighted by molar-refractivity contribution is 0.547. The monoisotopic (exact) mass is 473 g/mol. The van der Waals surface area contributed by atoms with Crippen molar-refractivity contribution >= 4 is 47.8 Å². The standard InChI is InChI=1S/C17H18Br3N/c1-3-21-17(9-12-4-6-13(18)7-5-12)14-10-15(19)11(2)8-16(14)20/h4-8,10,17,21H,3,9H2,1-2H3. The van der Waals surface area contributed by atoms with Crippen molar-refractivity contribution in [2.45, 2.75) is 26.3 Å². The van der Waals surface area contributed by atoms with Gasteiger partial charge < -0.3 is 5.32 Å². The average Bonchev–Trinajstić information content (AvgIpc) is 2.45. The average molecular weight is 476 g/mol. The van der Waals surface area contributed by atoms with Crippen LogP contribution < -0.4 is 5.32 Å². The Morgan fingerprint density at radius 1 is 1.00 bits per heavy atom. The summed E-state index contributed by atoms with van der Waals surface area (Å²) in [6, 6.07) is 13.2. The van der Waals surface area contributed by atoms with Gasteiger partial charge in [-0.15, -0.1) is 0 Å². The van der Waals surface area contributed by atoms with Crippen molar-refractivity contribution in [3.63, 3.8) is 0 Å². The molecule has 112 valence electrons. The summed E-state index contributed by atoms with van der Waals surface area (Å²) in [5.74, 6) is 0. The van der Waals surface area contributed by atoms with Crippen molar-refractivity contribution in [2.75, 3.05) is 6.54 Å². The molecule has 1 nitrogen and oxygen atoms in total. The number of benzene rings is 2. The van der Waals surface area contributed by atoms with Crippen LogP contribution >= 0.6 is 47.8 Å². The second-order valence-electron chi connectivity index (χ2n) is 5.06. The lowest BCUT2D eigenvalue weighted by Crippen LogP contribution is -2.23. The lowest BCUT2D eigenvalue weighted by atomic mass is 9.98. The number of hydrogen-bond donors (Lipinski definition) is 1. The highest BCUT2D eigenvalue weighted by Crippen LogP contribution is 2.31. The van der Waals surface area contributed by atoms with E-state index in [0.29, 0.717) is 6.04 Å². The summed E-state index contributed by atoms with van der Waals surface area (Å²) in [6.45, 7) is 5.19. The number of halogens is 3. The van der Waals surface area contributed by atoms with Gasteiger partial charge in [-0.2, -0.15) is 0 Å². The highest BCUT2D eigenvalue weighted by Gasteiger charge is 2.15. The fraction of sp³-hybridized carbons (Fsp3) is 0.294. The maximum atomic E-state index is 3.71. The van der Waals surface area contributed by atoms with E-state index in [2.05, 4.69) is 103 Å². The van der Waals surface area contributed by atoms with E-state index in [1.54, 1.807) is 0 Å². The first-order chi connectivity index (χ1) is 10.0. The SMILES string of the molecule is CCNC(Cc1ccc(Br)cc1)c1cc(Br)c(C)cc1Br. The zero-order chi connectivity index (χ0) is 15.4. The van der Waals surface area contributed by atoms with Crippen LogP contribution in [0.1, 0.15) is 29.7 Å². The molecule has 1 atom stereocenters. The zero-order valence-electron chi connectivity index (χ0n) is 12.1. The molecule has 0 aliphatic carbocycles. The van der Waals surface area contributed by atoms with Crippen LogP contribution in [0.15, 0.2) is 49.8 Å². The Labute approximate surface area is 151 Å². The van der Waals surface area contributed by atoms with E-state index in [-0.39, 0.29) is 0 Å². The molecule has 0 fully saturated rings. The lowest BCUT2D eigenvalue weighted by Gasteiger charge is -2.21. The molecule has 0 heterocycles. The quantitative estimate of drug-likeness (QED) is 0.544. The van der Waals surface area contributed by atoms with Crippen LogP contribution in [0.2, 0.25) is 0 Å². The predicted molar refractivity (Wildman–Crippen MR) is 101 cm³/mol. The van der Waals surface area contributed by atoms with Gasteiger partial charge in [0.15, 0.2) is 0 Å². The Kier molecular flexibility index (Phi) is 6.48. The summed E-state index contributed by atoms with van der Waals surface area (Å²) in [4.78, 5) is 0. The molecular formula is C17H18Br3N. The molecule has 0 aliphatic heterocycles. The molecule has 0 amide bonds. The molecule has 2 aromatic carbocycles. The summed E-state index contributed by atoms with van der Waals surface area (Å²) in [5, 5.41) is 3.59. The van der Waals surface area contributed by atoms with Gasteiger partial charge in [0.05, 0.1) is 0 Å². The van der Waals surface area contributed by atoms with Crippen LogP contribution in [0.3, 0.4) is 0 Å². The van der Waals surface area contributed by atoms with E-state index < -0.39 is 0 Å². The predicted octanol–water partition coefficient (Wildman–Crippen LogP) is 6.18. The Bertz CT molecular complexity index is 608. The number of nitrogens with one attached hydrogen (secondary N) is 1. The second kappa shape index (κ2) is 7.91. The van der Waals surface area contributed by atoms with Gasteiger partial charge in [-0.3, -0.25) is 0 Å². The van der Waals surface area contributed by atoms with Crippen LogP contribution in [0.5, 0.6) is 0 Å². The van der Waals surface area contributed by atoms with Crippen molar-refractivity contribution in [1.82, 2.24) is 5.32 Å². The molecule has 0 saturated carbocycles. The Morgan fingerprint density at radius 3 is 2.29 bits per heavy atom. The van der Waals surface area contributed by atoms with E-state index in [4.69, 9.17) is 0 Å². The first kappa shape index (κ1) is 17.2. The van der Waals surface area contributed by atoms with Gasteiger partial charge in [0.1, 0.15) is 0 Å². The highest BCUT2D eigenvalue weighted by atomic mass is 79.9. The molecule has 21 heavy (non-hydrogen) atoms. The normalized spacial score (nSPS) is 12.4. The van der Waals surface area contributed by atoms with Crippen molar-refractivity contribution in [3.05, 3.63) is 66.5 Å². The topological polar surface area (TPSA) is 12.0 Å². The van der Waals surface area contributed by atoms with E-state index in [9.17, 15) is 0 Å². The first-order valence-corrected chi connectivity index (χ1v) is 9.32. The summed E-state index contributed by atoms with van der Waals surface area (Å²) in [6.07, 6.45) is 0.967. The van der Waals surface area contributed by atoms with Crippen LogP contribution in [-0.4, -0.2) is 6.54 Å². The van der Waals surface area contributed by atoms with Gasteiger partial charge >= 0.3 is 0 Å². The van der Waals surface area contributed by atoms with E-state index in [1.807, 2.05) is 0 Å². The summed E-state index contributed by atoms with van der Waals surface area (Å²) >= 11 is 10.8. The molecular weight excluding hydrogens is 458 g/mol. The molecule has 1 N–H and O–H groups in total. The van der Waals surface area contributed by atoms with Crippen molar-refractivity contribution in [1.29, 1.82) is 0 Å². The Balaban J connectivity index is 2.30. The van der Waals surface area contributed by atoms with Crippen LogP contribution in [-0.2, 0) is 6.42 Å². The largest absolute Gasteiger partial charge is 0.310 e. The summed E-state index contributed by atoms with van der Waals surface area (Å²) in [7, 11) is 0. The minimum Gasteiger partial charge on any atom is -0.310 e. The van der Waals surface area contributed by atoms with Gasteiger partial charge in [-0.05, 0) is 60.8 Å². The zero-order valence-corrected chi connectivity index (χ0v) is 16.8. The van der Waals surface area contributed by atoms with Crippen molar-refractivity contribution < 1.29 is 0 Å². The van der Waals surface area contributed by atoms with Gasteiger partial charge in [0, 0.05) is 19.5 Å². The molecule has 0 aliphatic rings. The molecule has 0 radical (unpaired) electrons. The molecule has 0 aromatic heterocycles. The Hall–Kier alpha value is -0.160. The minimum absolute atomic E-state index is 0.294. The molecule has 2 aromatic rings. The fourth-order valence-electron chi connectivity index (χ4n) is 2.32. The van der Waals surface area contributed by atoms with Crippen molar-refractivity contribution in [2.24, 2.45) is 0 Å². The number of hydrogen-bond acceptors (Lipinski definition) is 1. The molecule has 1 unspecified atom stereocenters. The van der Waals surface area contributed by atoms with Crippen LogP contribution in [0, 0.1) is 6.92 Å². The second-order valence-corrected chi connectivity index (χ2v) is 7.69. The van der Waals surface area contributed by atoms with E-state index >= 15 is 0 Å². The summed E-state index contributed by atoms with van der Waals surface area (Å²) < 4.78 is 3.43. The van der Waals surface area contributed by atoms with Gasteiger partial charge in [0.2, 0.25) is 0 Å². The van der Waals surface area contributed by atoms with Crippen LogP contribution in [0.4, 0.5) is 0 Å². The number of rotatable bonds is 5. The first-order valence-electron chi connectivity index (χ1n) is 6.94. The molecule has 2 rings (SSSR count). The third-order valence-corrected chi connectivity index (χ3v) is 5.53. The van der Waals surface area contributed by atoms with E-state index in [1.165, 1.54) is 16.7 Å². The summed E-state index contributed by atoms with van der Waals surface area (Å²) in [5.41, 5.74) is 3.86. The number of aryl methyl sites for hydroxylation is 1. The third kappa shape index (κ3) is 4.65. The van der Waals surface area contributed by atoms with Crippen molar-refractivity contribution in [3.8, 4) is 0 Å². The van der Waals surface area contributed by atoms with E-state index in [0.717, 1.165) is 26.4 Å². The van der Waals surface area contributed by atoms with Gasteiger partial charge in [-0.25, -0.2) is 0 Å². The van der Waals surface area contributed by atoms with Crippen LogP contribution in [0.25, 0.3) is 0 Å². The van der Waals surface area contributed by atoms with Gasteiger partial charge in [0.25, 0.3) is 0 Å². The number of likely N-dealkylation sites (N-methyl/N-ethyl adjacent to an activating group) is 1. The molecule has 0 spiro atoms. The third-order valence-electron chi connectivity index (χ3n) is 3.46. The smallest absolute Gasteiger partial charge is 0.0372 e. The van der Waals surface area contributed by atoms with Gasteiger partial charge in [-0.1, -0.05) is 66.8 Å².